The summed E-state index contributed by atoms with van der Waals surface area (Å²) < 4.78 is 19.9. The second-order valence-corrected chi connectivity index (χ2v) is 3.98. The van der Waals surface area contributed by atoms with Crippen LogP contribution in [0.2, 0.25) is 0 Å². The summed E-state index contributed by atoms with van der Waals surface area (Å²) in [5.74, 6) is -0.415. The Bertz CT molecular complexity index is 605. The first-order valence-corrected chi connectivity index (χ1v) is 5.41. The number of aryl methyl sites for hydroxylation is 2. The summed E-state index contributed by atoms with van der Waals surface area (Å²) in [5.41, 5.74) is 1.25. The molecule has 4 nitrogen and oxygen atoms in total. The average Bonchev–Trinajstić information content (AvgIpc) is 2.67. The van der Waals surface area contributed by atoms with Gasteiger partial charge in [0.25, 0.3) is 0 Å². The highest BCUT2D eigenvalue weighted by atomic mass is 19.1. The van der Waals surface area contributed by atoms with Gasteiger partial charge in [-0.2, -0.15) is 5.10 Å². The summed E-state index contributed by atoms with van der Waals surface area (Å²) in [6.07, 6.45) is 1.61. The molecule has 0 aliphatic rings. The summed E-state index contributed by atoms with van der Waals surface area (Å²) in [6, 6.07) is 3.87. The third-order valence-electron chi connectivity index (χ3n) is 2.66. The van der Waals surface area contributed by atoms with Gasteiger partial charge in [0, 0.05) is 13.2 Å². The number of carbonyl (C=O) groups excluding carboxylic acids is 1. The molecule has 18 heavy (non-hydrogen) atoms. The lowest BCUT2D eigenvalue weighted by atomic mass is 10.0. The van der Waals surface area contributed by atoms with E-state index in [1.165, 1.54) is 25.3 Å². The molecule has 2 aromatic rings. The Morgan fingerprint density at radius 2 is 2.11 bits per heavy atom. The number of ether oxygens (including phenoxy) is 1. The molecule has 0 bridgehead atoms. The van der Waals surface area contributed by atoms with Crippen LogP contribution in [0.4, 0.5) is 4.39 Å². The van der Waals surface area contributed by atoms with Gasteiger partial charge in [-0.05, 0) is 25.1 Å². The van der Waals surface area contributed by atoms with Crippen molar-refractivity contribution >= 4 is 5.78 Å². The maximum atomic E-state index is 13.2. The molecule has 0 spiro atoms. The normalized spacial score (nSPS) is 10.4. The van der Waals surface area contributed by atoms with Crippen LogP contribution in [0.5, 0.6) is 5.75 Å². The number of carbonyl (C=O) groups is 1. The van der Waals surface area contributed by atoms with E-state index in [0.717, 1.165) is 0 Å². The third-order valence-corrected chi connectivity index (χ3v) is 2.66. The molecule has 2 rings (SSSR count). The Labute approximate surface area is 104 Å². The van der Waals surface area contributed by atoms with E-state index in [2.05, 4.69) is 5.10 Å². The van der Waals surface area contributed by atoms with Crippen molar-refractivity contribution in [3.63, 3.8) is 0 Å². The molecule has 0 aliphatic heterocycles. The summed E-state index contributed by atoms with van der Waals surface area (Å²) in [7, 11) is 3.17. The quantitative estimate of drug-likeness (QED) is 0.781. The first kappa shape index (κ1) is 12.3. The van der Waals surface area contributed by atoms with Crippen molar-refractivity contribution < 1.29 is 13.9 Å². The van der Waals surface area contributed by atoms with Crippen molar-refractivity contribution in [2.75, 3.05) is 7.11 Å². The van der Waals surface area contributed by atoms with Crippen LogP contribution in [0.1, 0.15) is 21.6 Å². The second kappa shape index (κ2) is 4.60. The fourth-order valence-electron chi connectivity index (χ4n) is 1.83. The number of methoxy groups -OCH3 is 1. The molecule has 0 saturated carbocycles. The number of hydrogen-bond acceptors (Lipinski definition) is 3. The van der Waals surface area contributed by atoms with Crippen molar-refractivity contribution in [1.29, 1.82) is 0 Å². The summed E-state index contributed by atoms with van der Waals surface area (Å²) in [6.45, 7) is 1.74. The number of nitrogens with zero attached hydrogens (tertiary/aromatic N) is 2. The van der Waals surface area contributed by atoms with Gasteiger partial charge in [-0.3, -0.25) is 9.48 Å². The number of benzene rings is 1. The minimum absolute atomic E-state index is 0.202. The van der Waals surface area contributed by atoms with E-state index in [-0.39, 0.29) is 11.3 Å². The van der Waals surface area contributed by atoms with E-state index in [1.807, 2.05) is 0 Å². The first-order chi connectivity index (χ1) is 8.52. The Hall–Kier alpha value is -2.17. The topological polar surface area (TPSA) is 44.1 Å². The zero-order valence-electron chi connectivity index (χ0n) is 10.4. The monoisotopic (exact) mass is 248 g/mol. The second-order valence-electron chi connectivity index (χ2n) is 3.98. The molecule has 0 saturated heterocycles. The van der Waals surface area contributed by atoms with Crippen molar-refractivity contribution in [2.24, 2.45) is 7.05 Å². The maximum absolute atomic E-state index is 13.2. The van der Waals surface area contributed by atoms with E-state index in [0.29, 0.717) is 17.0 Å². The van der Waals surface area contributed by atoms with Crippen molar-refractivity contribution in [1.82, 2.24) is 9.78 Å². The molecule has 0 atom stereocenters. The van der Waals surface area contributed by atoms with Crippen LogP contribution < -0.4 is 4.74 Å². The standard InChI is InChI=1S/C13H13FN2O2/c1-8-11(7-16(2)15-8)13(17)10-6-9(14)4-5-12(10)18-3/h4-7H,1-3H3. The van der Waals surface area contributed by atoms with Crippen LogP contribution in [0, 0.1) is 12.7 Å². The Kier molecular flexibility index (Phi) is 3.14. The molecule has 0 amide bonds. The largest absolute Gasteiger partial charge is 0.496 e. The zero-order valence-corrected chi connectivity index (χ0v) is 10.4. The number of hydrogen-bond donors (Lipinski definition) is 0. The lowest BCUT2D eigenvalue weighted by Crippen LogP contribution is -2.05. The number of rotatable bonds is 3. The van der Waals surface area contributed by atoms with Gasteiger partial charge in [-0.25, -0.2) is 4.39 Å². The molecular formula is C13H13FN2O2. The van der Waals surface area contributed by atoms with Crippen molar-refractivity contribution in [3.8, 4) is 5.75 Å². The minimum Gasteiger partial charge on any atom is -0.496 e. The van der Waals surface area contributed by atoms with Gasteiger partial charge in [0.2, 0.25) is 0 Å². The Morgan fingerprint density at radius 3 is 2.67 bits per heavy atom. The Morgan fingerprint density at radius 1 is 1.39 bits per heavy atom. The minimum atomic E-state index is -0.472. The van der Waals surface area contributed by atoms with Gasteiger partial charge in [0.1, 0.15) is 11.6 Å². The van der Waals surface area contributed by atoms with E-state index in [9.17, 15) is 9.18 Å². The molecule has 0 fully saturated rings. The SMILES string of the molecule is COc1ccc(F)cc1C(=O)c1cn(C)nc1C. The van der Waals surface area contributed by atoms with Crippen molar-refractivity contribution in [3.05, 3.63) is 47.0 Å². The first-order valence-electron chi connectivity index (χ1n) is 5.41. The highest BCUT2D eigenvalue weighted by molar-refractivity contribution is 6.11. The summed E-state index contributed by atoms with van der Waals surface area (Å²) in [4.78, 5) is 12.3. The molecule has 1 aromatic heterocycles. The lowest BCUT2D eigenvalue weighted by Gasteiger charge is -2.06. The van der Waals surface area contributed by atoms with E-state index < -0.39 is 5.82 Å². The molecule has 1 aromatic carbocycles. The lowest BCUT2D eigenvalue weighted by molar-refractivity contribution is 0.103. The van der Waals surface area contributed by atoms with Gasteiger partial charge in [-0.15, -0.1) is 0 Å². The zero-order chi connectivity index (χ0) is 13.3. The van der Waals surface area contributed by atoms with E-state index in [4.69, 9.17) is 4.74 Å². The molecule has 1 heterocycles. The van der Waals surface area contributed by atoms with Crippen LogP contribution in [0.3, 0.4) is 0 Å². The average molecular weight is 248 g/mol. The Balaban J connectivity index is 2.51. The summed E-state index contributed by atoms with van der Waals surface area (Å²) >= 11 is 0. The molecule has 94 valence electrons. The maximum Gasteiger partial charge on any atom is 0.200 e. The van der Waals surface area contributed by atoms with E-state index >= 15 is 0 Å². The predicted octanol–water partition coefficient (Wildman–Crippen LogP) is 2.11. The van der Waals surface area contributed by atoms with Gasteiger partial charge < -0.3 is 4.74 Å². The number of ketones is 1. The highest BCUT2D eigenvalue weighted by Gasteiger charge is 2.19. The fourth-order valence-corrected chi connectivity index (χ4v) is 1.83. The van der Waals surface area contributed by atoms with Crippen molar-refractivity contribution in [2.45, 2.75) is 6.92 Å². The smallest absolute Gasteiger partial charge is 0.200 e. The molecule has 0 N–H and O–H groups in total. The van der Waals surface area contributed by atoms with Crippen LogP contribution in [0.15, 0.2) is 24.4 Å². The third kappa shape index (κ3) is 2.11. The van der Waals surface area contributed by atoms with Gasteiger partial charge >= 0.3 is 0 Å². The molecule has 5 heteroatoms. The van der Waals surface area contributed by atoms with Gasteiger partial charge in [0.15, 0.2) is 5.78 Å². The molecule has 0 radical (unpaired) electrons. The number of halogens is 1. The number of aromatic nitrogens is 2. The van der Waals surface area contributed by atoms with Crippen LogP contribution in [-0.2, 0) is 7.05 Å². The molecular weight excluding hydrogens is 235 g/mol. The summed E-state index contributed by atoms with van der Waals surface area (Å²) in [5, 5.41) is 4.10. The van der Waals surface area contributed by atoms with Gasteiger partial charge in [-0.1, -0.05) is 0 Å². The highest BCUT2D eigenvalue weighted by Crippen LogP contribution is 2.23. The molecule has 0 unspecified atom stereocenters. The molecule has 0 aliphatic carbocycles. The van der Waals surface area contributed by atoms with Crippen LogP contribution in [-0.4, -0.2) is 22.7 Å². The van der Waals surface area contributed by atoms with Crippen LogP contribution in [0.25, 0.3) is 0 Å². The fraction of sp³-hybridized carbons (Fsp3) is 0.231. The predicted molar refractivity (Wildman–Crippen MR) is 64.3 cm³/mol. The van der Waals surface area contributed by atoms with Crippen LogP contribution >= 0.6 is 0 Å². The van der Waals surface area contributed by atoms with Gasteiger partial charge in [0.05, 0.1) is 23.9 Å². The van der Waals surface area contributed by atoms with E-state index in [1.54, 1.807) is 24.9 Å².